The van der Waals surface area contributed by atoms with Crippen molar-refractivity contribution in [3.8, 4) is 16.9 Å². The van der Waals surface area contributed by atoms with Crippen molar-refractivity contribution in [1.29, 1.82) is 0 Å². The first-order valence-electron chi connectivity index (χ1n) is 14.5. The molecule has 0 radical (unpaired) electrons. The minimum Gasteiger partial charge on any atom is -0.530 e. The van der Waals surface area contributed by atoms with Gasteiger partial charge in [0.25, 0.3) is 5.85 Å². The van der Waals surface area contributed by atoms with E-state index in [1.54, 1.807) is 0 Å². The van der Waals surface area contributed by atoms with Gasteiger partial charge in [0.05, 0.1) is 27.6 Å². The van der Waals surface area contributed by atoms with E-state index in [1.807, 2.05) is 0 Å². The van der Waals surface area contributed by atoms with Gasteiger partial charge in [-0.25, -0.2) is 83.4 Å². The minimum absolute atomic E-state index is 2.52. The normalized spacial score (nSPS) is 16.7. The highest BCUT2D eigenvalue weighted by Gasteiger charge is 2.60. The van der Waals surface area contributed by atoms with Crippen molar-refractivity contribution in [2.75, 3.05) is 0 Å². The Morgan fingerprint density at radius 2 is 0.724 bits per heavy atom. The van der Waals surface area contributed by atoms with Crippen molar-refractivity contribution in [3.63, 3.8) is 0 Å². The molecule has 5 aromatic rings. The lowest BCUT2D eigenvalue weighted by molar-refractivity contribution is -0.0623. The summed E-state index contributed by atoms with van der Waals surface area (Å²) in [5.41, 5.74) is -19.5. The molecule has 0 amide bonds. The van der Waals surface area contributed by atoms with Crippen molar-refractivity contribution >= 4 is 29.2 Å². The molecule has 7 rings (SSSR count). The average Bonchev–Trinajstić information content (AvgIpc) is 3.54. The van der Waals surface area contributed by atoms with E-state index in [9.17, 15) is 61.5 Å². The first-order chi connectivity index (χ1) is 26.8. The zero-order valence-electron chi connectivity index (χ0n) is 26.1. The van der Waals surface area contributed by atoms with Gasteiger partial charge in [0, 0.05) is 22.0 Å². The zero-order valence-corrected chi connectivity index (χ0v) is 26.1. The number of alkyl halides is 3. The summed E-state index contributed by atoms with van der Waals surface area (Å²) >= 11 is 0. The van der Waals surface area contributed by atoms with Crippen LogP contribution < -0.4 is 10.1 Å². The quantitative estimate of drug-likeness (QED) is 0.0759. The molecule has 0 aliphatic heterocycles. The Balaban J connectivity index is 1.63. The maximum absolute atomic E-state index is 16.6. The van der Waals surface area contributed by atoms with Gasteiger partial charge in [-0.2, -0.15) is 17.6 Å². The van der Waals surface area contributed by atoms with Crippen molar-refractivity contribution < 1.29 is 110 Å². The van der Waals surface area contributed by atoms with Crippen LogP contribution in [0.15, 0.2) is 5.83 Å². The maximum Gasteiger partial charge on any atom is 0.569 e. The van der Waals surface area contributed by atoms with E-state index in [-0.39, 0.29) is 0 Å². The SMILES string of the molecule is FC1=C(F)C(F)(OB(Oc2c(F)c(F)c(F)c3c2C(F)(F)c2c(F)c(F)c(F)c(F)c2-3)c2c(F)c(F)c(F)c3c(F)c(F)c(F)c(F)c23)c2c(F)c(F)c(F)c(F)c21. The van der Waals surface area contributed by atoms with Crippen LogP contribution in [0.4, 0.5) is 101 Å². The minimum atomic E-state index is -5.86. The molecule has 1 unspecified atom stereocenters. The lowest BCUT2D eigenvalue weighted by Gasteiger charge is -2.28. The summed E-state index contributed by atoms with van der Waals surface area (Å²) in [6.07, 6.45) is 0. The summed E-state index contributed by atoms with van der Waals surface area (Å²) in [6.45, 7) is 0. The van der Waals surface area contributed by atoms with Gasteiger partial charge in [-0.3, -0.25) is 0 Å². The van der Waals surface area contributed by atoms with Gasteiger partial charge >= 0.3 is 13.0 Å². The smallest absolute Gasteiger partial charge is 0.530 e. The number of benzene rings is 5. The number of fused-ring (bicyclic) bond motifs is 5. The van der Waals surface area contributed by atoms with E-state index >= 15 is 39.5 Å². The summed E-state index contributed by atoms with van der Waals surface area (Å²) in [5.74, 6) is -78.6. The van der Waals surface area contributed by atoms with Gasteiger partial charge in [-0.1, -0.05) is 0 Å². The van der Waals surface area contributed by atoms with Crippen molar-refractivity contribution in [2.45, 2.75) is 11.8 Å². The highest BCUT2D eigenvalue weighted by Crippen LogP contribution is 2.59. The molecule has 2 aliphatic carbocycles. The molecule has 0 saturated carbocycles. The van der Waals surface area contributed by atoms with Crippen molar-refractivity contribution in [3.05, 3.63) is 133 Å². The molecule has 0 spiro atoms. The molecule has 0 saturated heterocycles. The molecule has 26 heteroatoms. The second-order valence-corrected chi connectivity index (χ2v) is 11.8. The predicted molar refractivity (Wildman–Crippen MR) is 144 cm³/mol. The largest absolute Gasteiger partial charge is 0.569 e. The fourth-order valence-electron chi connectivity index (χ4n) is 6.32. The van der Waals surface area contributed by atoms with Gasteiger partial charge in [-0.15, -0.1) is 0 Å². The van der Waals surface area contributed by atoms with E-state index in [0.29, 0.717) is 0 Å². The first kappa shape index (κ1) is 40.5. The summed E-state index contributed by atoms with van der Waals surface area (Å²) in [7, 11) is -4.67. The highest BCUT2D eigenvalue weighted by molar-refractivity contribution is 6.65. The molecule has 0 N–H and O–H groups in total. The zero-order chi connectivity index (χ0) is 43.3. The Bertz CT molecular complexity index is 2800. The molecule has 0 bridgehead atoms. The Kier molecular flexibility index (Phi) is 8.84. The Morgan fingerprint density at radius 3 is 1.24 bits per heavy atom. The van der Waals surface area contributed by atoms with Crippen LogP contribution in [0.2, 0.25) is 0 Å². The van der Waals surface area contributed by atoms with Gasteiger partial charge in [0.1, 0.15) is 0 Å². The van der Waals surface area contributed by atoms with E-state index in [0.717, 1.165) is 0 Å². The summed E-state index contributed by atoms with van der Waals surface area (Å²) in [4.78, 5) is 0. The van der Waals surface area contributed by atoms with Crippen LogP contribution in [0.3, 0.4) is 0 Å². The fourth-order valence-corrected chi connectivity index (χ4v) is 6.32. The lowest BCUT2D eigenvalue weighted by atomic mass is 9.73. The van der Waals surface area contributed by atoms with Gasteiger partial charge in [0.2, 0.25) is 11.6 Å². The third kappa shape index (κ3) is 4.82. The van der Waals surface area contributed by atoms with E-state index < -0.39 is 191 Å². The number of rotatable bonds is 5. The van der Waals surface area contributed by atoms with E-state index in [1.165, 1.54) is 0 Å². The Labute approximate surface area is 301 Å². The lowest BCUT2D eigenvalue weighted by Crippen LogP contribution is -2.49. The summed E-state index contributed by atoms with van der Waals surface area (Å²) in [6, 6.07) is 0. The molecule has 1 atom stereocenters. The van der Waals surface area contributed by atoms with Crippen LogP contribution in [0.5, 0.6) is 5.75 Å². The maximum atomic E-state index is 16.6. The predicted octanol–water partition coefficient (Wildman–Crippen LogP) is 10.7. The van der Waals surface area contributed by atoms with Crippen LogP contribution in [0.1, 0.15) is 22.3 Å². The highest BCUT2D eigenvalue weighted by atomic mass is 19.3. The number of hydrogen-bond donors (Lipinski definition) is 0. The third-order valence-corrected chi connectivity index (χ3v) is 8.82. The molecule has 58 heavy (non-hydrogen) atoms. The topological polar surface area (TPSA) is 18.5 Å². The monoisotopic (exact) mass is 864 g/mol. The molecular formula is C32BF23O2. The second kappa shape index (κ2) is 12.7. The molecule has 2 aliphatic rings. The Morgan fingerprint density at radius 1 is 0.345 bits per heavy atom. The first-order valence-corrected chi connectivity index (χ1v) is 14.5. The van der Waals surface area contributed by atoms with Gasteiger partial charge in [0.15, 0.2) is 110 Å². The molecule has 304 valence electrons. The van der Waals surface area contributed by atoms with E-state index in [2.05, 4.69) is 9.31 Å². The standard InChI is InChI=1S/C32BF23O2/c34-10-1-2-8(31(54,55)6(1)17(41)26(50)21(10)45)29(28(52)25(49)11(2)35)57-33(9-3-4(13(37)20(44)19(9)43)14(38)23(47)22(46)12(3)36)58-32(56)7-5(16(40)30(32)53)15(39)24(48)27(51)18(7)42. The summed E-state index contributed by atoms with van der Waals surface area (Å²) in [5, 5.41) is -5.45. The second-order valence-electron chi connectivity index (χ2n) is 11.8. The van der Waals surface area contributed by atoms with Gasteiger partial charge in [-0.05, 0) is 0 Å². The average molecular weight is 864 g/mol. The van der Waals surface area contributed by atoms with Crippen molar-refractivity contribution in [1.82, 2.24) is 0 Å². The summed E-state index contributed by atoms with van der Waals surface area (Å²) < 4.78 is 353. The van der Waals surface area contributed by atoms with Crippen LogP contribution >= 0.6 is 0 Å². The molecule has 0 aromatic heterocycles. The van der Waals surface area contributed by atoms with Crippen molar-refractivity contribution in [2.24, 2.45) is 0 Å². The molecule has 5 aromatic carbocycles. The molecule has 0 fully saturated rings. The Hall–Kier alpha value is -5.69. The fraction of sp³-hybridized carbons (Fsp3) is 0.0625. The van der Waals surface area contributed by atoms with E-state index in [4.69, 9.17) is 0 Å². The van der Waals surface area contributed by atoms with Crippen LogP contribution in [0, 0.1) is 105 Å². The third-order valence-electron chi connectivity index (χ3n) is 8.82. The number of hydrogen-bond acceptors (Lipinski definition) is 2. The molecular weight excluding hydrogens is 864 g/mol. The molecule has 2 nitrogen and oxygen atoms in total. The van der Waals surface area contributed by atoms with Crippen LogP contribution in [-0.4, -0.2) is 7.12 Å². The van der Waals surface area contributed by atoms with Crippen LogP contribution in [-0.2, 0) is 16.4 Å². The molecule has 0 heterocycles. The van der Waals surface area contributed by atoms with Crippen LogP contribution in [0.25, 0.3) is 27.7 Å². The number of halogens is 23. The van der Waals surface area contributed by atoms with Gasteiger partial charge < -0.3 is 9.31 Å².